The SMILES string of the molecule is CC(=O)Oc1ccc(Cl)cc1[C@H]1CN(Cc2ccccc2)C[C@@H]1c1ccccc1Br. The van der Waals surface area contributed by atoms with Gasteiger partial charge in [0.05, 0.1) is 0 Å². The first-order valence-electron chi connectivity index (χ1n) is 10.00. The molecule has 1 aliphatic heterocycles. The molecule has 3 aromatic carbocycles. The van der Waals surface area contributed by atoms with E-state index in [-0.39, 0.29) is 17.8 Å². The van der Waals surface area contributed by atoms with E-state index in [1.807, 2.05) is 18.2 Å². The molecule has 0 N–H and O–H groups in total. The highest BCUT2D eigenvalue weighted by Crippen LogP contribution is 2.45. The second-order valence-electron chi connectivity index (χ2n) is 7.69. The second kappa shape index (κ2) is 9.34. The lowest BCUT2D eigenvalue weighted by molar-refractivity contribution is -0.131. The number of benzene rings is 3. The molecule has 1 fully saturated rings. The Morgan fingerprint density at radius 2 is 1.67 bits per heavy atom. The molecule has 3 nitrogen and oxygen atoms in total. The normalized spacial score (nSPS) is 19.0. The molecule has 0 aromatic heterocycles. The van der Waals surface area contributed by atoms with Crippen LogP contribution in [-0.4, -0.2) is 24.0 Å². The average molecular weight is 485 g/mol. The average Bonchev–Trinajstić information content (AvgIpc) is 3.13. The predicted molar refractivity (Wildman–Crippen MR) is 124 cm³/mol. The topological polar surface area (TPSA) is 29.5 Å². The van der Waals surface area contributed by atoms with Gasteiger partial charge in [0, 0.05) is 53.5 Å². The zero-order chi connectivity index (χ0) is 21.1. The first-order chi connectivity index (χ1) is 14.5. The monoisotopic (exact) mass is 483 g/mol. The zero-order valence-electron chi connectivity index (χ0n) is 16.7. The number of halogens is 2. The van der Waals surface area contributed by atoms with Crippen LogP contribution in [0.15, 0.2) is 77.3 Å². The molecule has 1 aliphatic rings. The van der Waals surface area contributed by atoms with E-state index in [2.05, 4.69) is 63.3 Å². The first kappa shape index (κ1) is 21.1. The Balaban J connectivity index is 1.72. The number of hydrogen-bond acceptors (Lipinski definition) is 3. The molecule has 3 aromatic rings. The van der Waals surface area contributed by atoms with E-state index in [0.717, 1.165) is 29.7 Å². The van der Waals surface area contributed by atoms with E-state index in [0.29, 0.717) is 10.8 Å². The maximum Gasteiger partial charge on any atom is 0.308 e. The molecule has 0 saturated carbocycles. The third-order valence-electron chi connectivity index (χ3n) is 5.57. The number of ether oxygens (including phenoxy) is 1. The van der Waals surface area contributed by atoms with E-state index >= 15 is 0 Å². The Morgan fingerprint density at radius 3 is 2.37 bits per heavy atom. The minimum Gasteiger partial charge on any atom is -0.426 e. The smallest absolute Gasteiger partial charge is 0.308 e. The lowest BCUT2D eigenvalue weighted by Crippen LogP contribution is -2.20. The van der Waals surface area contributed by atoms with Crippen LogP contribution in [0.4, 0.5) is 0 Å². The van der Waals surface area contributed by atoms with Crippen LogP contribution in [0.1, 0.15) is 35.4 Å². The zero-order valence-corrected chi connectivity index (χ0v) is 19.1. The van der Waals surface area contributed by atoms with Crippen LogP contribution in [0.25, 0.3) is 0 Å². The summed E-state index contributed by atoms with van der Waals surface area (Å²) in [5, 5.41) is 0.647. The van der Waals surface area contributed by atoms with Crippen molar-refractivity contribution < 1.29 is 9.53 Å². The van der Waals surface area contributed by atoms with Gasteiger partial charge in [0.2, 0.25) is 0 Å². The number of nitrogens with zero attached hydrogens (tertiary/aromatic N) is 1. The molecule has 154 valence electrons. The van der Waals surface area contributed by atoms with Gasteiger partial charge in [-0.2, -0.15) is 0 Å². The van der Waals surface area contributed by atoms with Gasteiger partial charge in [-0.25, -0.2) is 0 Å². The van der Waals surface area contributed by atoms with E-state index in [9.17, 15) is 4.79 Å². The van der Waals surface area contributed by atoms with Crippen molar-refractivity contribution in [2.75, 3.05) is 13.1 Å². The summed E-state index contributed by atoms with van der Waals surface area (Å²) < 4.78 is 6.65. The highest BCUT2D eigenvalue weighted by atomic mass is 79.9. The van der Waals surface area contributed by atoms with Gasteiger partial charge in [0.15, 0.2) is 0 Å². The molecule has 4 rings (SSSR count). The molecule has 0 spiro atoms. The Kier molecular flexibility index (Phi) is 6.57. The lowest BCUT2D eigenvalue weighted by atomic mass is 9.83. The molecular weight excluding hydrogens is 462 g/mol. The number of carbonyl (C=O) groups is 1. The highest BCUT2D eigenvalue weighted by Gasteiger charge is 2.37. The van der Waals surface area contributed by atoms with Crippen molar-refractivity contribution in [1.82, 2.24) is 4.90 Å². The molecule has 1 saturated heterocycles. The van der Waals surface area contributed by atoms with Gasteiger partial charge in [0.25, 0.3) is 0 Å². The largest absolute Gasteiger partial charge is 0.426 e. The van der Waals surface area contributed by atoms with Crippen molar-refractivity contribution in [3.63, 3.8) is 0 Å². The first-order valence-corrected chi connectivity index (χ1v) is 11.2. The molecule has 0 radical (unpaired) electrons. The fraction of sp³-hybridized carbons (Fsp3) is 0.240. The third kappa shape index (κ3) is 4.77. The van der Waals surface area contributed by atoms with Gasteiger partial charge in [0.1, 0.15) is 5.75 Å². The number of likely N-dealkylation sites (tertiary alicyclic amines) is 1. The lowest BCUT2D eigenvalue weighted by Gasteiger charge is -2.22. The minimum absolute atomic E-state index is 0.153. The highest BCUT2D eigenvalue weighted by molar-refractivity contribution is 9.10. The molecule has 0 aliphatic carbocycles. The molecule has 0 amide bonds. The van der Waals surface area contributed by atoms with Crippen LogP contribution in [0.3, 0.4) is 0 Å². The van der Waals surface area contributed by atoms with Crippen LogP contribution in [0.2, 0.25) is 5.02 Å². The summed E-state index contributed by atoms with van der Waals surface area (Å²) in [5.41, 5.74) is 3.52. The number of carbonyl (C=O) groups excluding carboxylic acids is 1. The quantitative estimate of drug-likeness (QED) is 0.309. The summed E-state index contributed by atoms with van der Waals surface area (Å²) >= 11 is 10.1. The van der Waals surface area contributed by atoms with E-state index in [4.69, 9.17) is 16.3 Å². The summed E-state index contributed by atoms with van der Waals surface area (Å²) in [6.07, 6.45) is 0. The van der Waals surface area contributed by atoms with Crippen molar-refractivity contribution in [2.45, 2.75) is 25.3 Å². The van der Waals surface area contributed by atoms with Crippen molar-refractivity contribution in [2.24, 2.45) is 0 Å². The Labute approximate surface area is 190 Å². The van der Waals surface area contributed by atoms with Gasteiger partial charge in [-0.05, 0) is 35.4 Å². The van der Waals surface area contributed by atoms with Crippen LogP contribution in [0, 0.1) is 0 Å². The molecule has 1 heterocycles. The predicted octanol–water partition coefficient (Wildman–Crippen LogP) is 6.41. The van der Waals surface area contributed by atoms with Crippen LogP contribution < -0.4 is 4.74 Å². The maximum absolute atomic E-state index is 11.7. The Bertz CT molecular complexity index is 1040. The Hall–Kier alpha value is -2.14. The second-order valence-corrected chi connectivity index (χ2v) is 8.98. The number of esters is 1. The van der Waals surface area contributed by atoms with E-state index in [1.54, 1.807) is 12.1 Å². The molecule has 0 bridgehead atoms. The fourth-order valence-electron chi connectivity index (χ4n) is 4.32. The van der Waals surface area contributed by atoms with Gasteiger partial charge in [-0.3, -0.25) is 9.69 Å². The van der Waals surface area contributed by atoms with E-state index in [1.165, 1.54) is 18.1 Å². The Morgan fingerprint density at radius 1 is 1.00 bits per heavy atom. The third-order valence-corrected chi connectivity index (χ3v) is 6.53. The van der Waals surface area contributed by atoms with Gasteiger partial charge in [-0.1, -0.05) is 76.1 Å². The van der Waals surface area contributed by atoms with Gasteiger partial charge < -0.3 is 4.74 Å². The fourth-order valence-corrected chi connectivity index (χ4v) is 5.08. The maximum atomic E-state index is 11.7. The summed E-state index contributed by atoms with van der Waals surface area (Å²) in [6, 6.07) is 24.4. The van der Waals surface area contributed by atoms with Crippen LogP contribution >= 0.6 is 27.5 Å². The number of hydrogen-bond donors (Lipinski definition) is 0. The van der Waals surface area contributed by atoms with Gasteiger partial charge in [-0.15, -0.1) is 0 Å². The van der Waals surface area contributed by atoms with Crippen molar-refractivity contribution >= 4 is 33.5 Å². The van der Waals surface area contributed by atoms with Crippen LogP contribution in [0.5, 0.6) is 5.75 Å². The van der Waals surface area contributed by atoms with Crippen molar-refractivity contribution in [1.29, 1.82) is 0 Å². The standard InChI is InChI=1S/C25H23BrClNO2/c1-17(29)30-25-12-11-19(27)13-21(25)23-16-28(14-18-7-3-2-4-8-18)15-22(23)20-9-5-6-10-24(20)26/h2-13,22-23H,14-16H2,1H3/t22-,23-/m1/s1. The van der Waals surface area contributed by atoms with E-state index < -0.39 is 0 Å². The molecule has 5 heteroatoms. The summed E-state index contributed by atoms with van der Waals surface area (Å²) in [4.78, 5) is 14.2. The molecule has 2 atom stereocenters. The van der Waals surface area contributed by atoms with Crippen molar-refractivity contribution in [3.05, 3.63) is 99.0 Å². The molecule has 0 unspecified atom stereocenters. The summed E-state index contributed by atoms with van der Waals surface area (Å²) in [5.74, 6) is 0.670. The minimum atomic E-state index is -0.324. The number of rotatable bonds is 5. The summed E-state index contributed by atoms with van der Waals surface area (Å²) in [6.45, 7) is 4.07. The molecule has 30 heavy (non-hydrogen) atoms. The molecular formula is C25H23BrClNO2. The summed E-state index contributed by atoms with van der Waals surface area (Å²) in [7, 11) is 0. The van der Waals surface area contributed by atoms with Crippen molar-refractivity contribution in [3.8, 4) is 5.75 Å². The van der Waals surface area contributed by atoms with Crippen LogP contribution in [-0.2, 0) is 11.3 Å². The van der Waals surface area contributed by atoms with Gasteiger partial charge >= 0.3 is 5.97 Å².